The molecule has 29 heavy (non-hydrogen) atoms. The van der Waals surface area contributed by atoms with E-state index in [0.29, 0.717) is 24.0 Å². The summed E-state index contributed by atoms with van der Waals surface area (Å²) in [5.74, 6) is 3.98. The molecular weight excluding hydrogens is 362 g/mol. The first-order valence-corrected chi connectivity index (χ1v) is 10.9. The van der Waals surface area contributed by atoms with Gasteiger partial charge in [0.1, 0.15) is 18.1 Å². The number of hydrogen-bond acceptors (Lipinski definition) is 3. The highest BCUT2D eigenvalue weighted by atomic mass is 16.5. The van der Waals surface area contributed by atoms with E-state index in [1.807, 2.05) is 18.2 Å². The summed E-state index contributed by atoms with van der Waals surface area (Å²) in [6.07, 6.45) is 5.32. The van der Waals surface area contributed by atoms with Crippen LogP contribution in [0.5, 0.6) is 5.75 Å². The minimum atomic E-state index is -0.124. The fraction of sp³-hybridized carbons (Fsp3) is 0.560. The van der Waals surface area contributed by atoms with Gasteiger partial charge in [0, 0.05) is 6.04 Å². The molecule has 2 aliphatic rings. The third-order valence-electron chi connectivity index (χ3n) is 6.78. The Bertz CT molecular complexity index is 846. The molecule has 0 saturated heterocycles. The zero-order chi connectivity index (χ0) is 20.6. The van der Waals surface area contributed by atoms with Gasteiger partial charge in [0.05, 0.1) is 0 Å². The van der Waals surface area contributed by atoms with Crippen LogP contribution in [-0.2, 0) is 12.0 Å². The Kier molecular flexibility index (Phi) is 5.46. The lowest BCUT2D eigenvalue weighted by Gasteiger charge is -2.28. The number of amides is 1. The lowest BCUT2D eigenvalue weighted by Crippen LogP contribution is -2.40. The molecule has 4 unspecified atom stereocenters. The molecule has 2 bridgehead atoms. The lowest BCUT2D eigenvalue weighted by molar-refractivity contribution is 0.0883. The van der Waals surface area contributed by atoms with Crippen LogP contribution in [-0.4, -0.2) is 11.9 Å². The molecule has 4 nitrogen and oxygen atoms in total. The van der Waals surface area contributed by atoms with Crippen LogP contribution in [0.4, 0.5) is 0 Å². The largest absolute Gasteiger partial charge is 0.486 e. The average Bonchev–Trinajstić information content (AvgIpc) is 3.42. The predicted molar refractivity (Wildman–Crippen MR) is 114 cm³/mol. The first-order chi connectivity index (χ1) is 13.8. The van der Waals surface area contributed by atoms with Crippen molar-refractivity contribution < 1.29 is 13.9 Å². The molecular formula is C25H33NO3. The van der Waals surface area contributed by atoms with Crippen LogP contribution in [0, 0.1) is 17.8 Å². The fourth-order valence-corrected chi connectivity index (χ4v) is 5.07. The molecule has 4 atom stereocenters. The van der Waals surface area contributed by atoms with Crippen molar-refractivity contribution in [1.82, 2.24) is 5.32 Å². The van der Waals surface area contributed by atoms with Crippen molar-refractivity contribution in [3.05, 3.63) is 53.5 Å². The van der Waals surface area contributed by atoms with E-state index in [2.05, 4.69) is 45.1 Å². The van der Waals surface area contributed by atoms with Gasteiger partial charge in [-0.25, -0.2) is 0 Å². The lowest BCUT2D eigenvalue weighted by atomic mass is 9.84. The number of carbonyl (C=O) groups is 1. The summed E-state index contributed by atoms with van der Waals surface area (Å²) in [6.45, 7) is 9.02. The standard InChI is InChI=1S/C25H33NO3/c1-16(22-14-17-5-6-18(22)13-17)26-24(27)23-12-11-21(29-23)15-28-20-9-7-19(8-10-20)25(2,3)4/h7-12,16-18,22H,5-6,13-15H2,1-4H3,(H,26,27). The second kappa shape index (κ2) is 7.89. The van der Waals surface area contributed by atoms with E-state index in [-0.39, 0.29) is 17.4 Å². The number of carbonyl (C=O) groups excluding carboxylic acids is 1. The summed E-state index contributed by atoms with van der Waals surface area (Å²) in [6, 6.07) is 11.9. The number of hydrogen-bond donors (Lipinski definition) is 1. The van der Waals surface area contributed by atoms with Gasteiger partial charge >= 0.3 is 0 Å². The Labute approximate surface area is 174 Å². The molecule has 1 aromatic carbocycles. The Morgan fingerprint density at radius 1 is 1.14 bits per heavy atom. The summed E-state index contributed by atoms with van der Waals surface area (Å²) < 4.78 is 11.6. The Balaban J connectivity index is 1.29. The van der Waals surface area contributed by atoms with Crippen LogP contribution in [0.1, 0.15) is 75.3 Å². The van der Waals surface area contributed by atoms with E-state index in [4.69, 9.17) is 9.15 Å². The number of nitrogens with one attached hydrogen (secondary N) is 1. The van der Waals surface area contributed by atoms with E-state index in [1.54, 1.807) is 6.07 Å². The van der Waals surface area contributed by atoms with Gasteiger partial charge in [-0.15, -0.1) is 0 Å². The molecule has 2 aromatic rings. The quantitative estimate of drug-likeness (QED) is 0.681. The minimum Gasteiger partial charge on any atom is -0.486 e. The summed E-state index contributed by atoms with van der Waals surface area (Å²) in [4.78, 5) is 12.6. The molecule has 1 N–H and O–H groups in total. The highest BCUT2D eigenvalue weighted by Crippen LogP contribution is 2.49. The SMILES string of the molecule is CC(NC(=O)c1ccc(COc2ccc(C(C)(C)C)cc2)o1)C1CC2CCC1C2. The summed E-state index contributed by atoms with van der Waals surface area (Å²) in [5.41, 5.74) is 1.39. The molecule has 2 saturated carbocycles. The van der Waals surface area contributed by atoms with Gasteiger partial charge in [-0.05, 0) is 79.2 Å². The monoisotopic (exact) mass is 395 g/mol. The minimum absolute atomic E-state index is 0.122. The predicted octanol–water partition coefficient (Wildman–Crippen LogP) is 5.71. The van der Waals surface area contributed by atoms with Crippen molar-refractivity contribution in [2.75, 3.05) is 0 Å². The van der Waals surface area contributed by atoms with E-state index in [1.165, 1.54) is 31.2 Å². The third-order valence-corrected chi connectivity index (χ3v) is 6.78. The third kappa shape index (κ3) is 4.52. The van der Waals surface area contributed by atoms with Crippen molar-refractivity contribution in [2.45, 2.75) is 71.4 Å². The van der Waals surface area contributed by atoms with Crippen LogP contribution in [0.25, 0.3) is 0 Å². The zero-order valence-corrected chi connectivity index (χ0v) is 18.0. The Hall–Kier alpha value is -2.23. The Morgan fingerprint density at radius 2 is 1.90 bits per heavy atom. The Morgan fingerprint density at radius 3 is 2.52 bits per heavy atom. The number of rotatable bonds is 6. The molecule has 1 amide bonds. The van der Waals surface area contributed by atoms with Crippen LogP contribution in [0.15, 0.2) is 40.8 Å². The van der Waals surface area contributed by atoms with Crippen LogP contribution < -0.4 is 10.1 Å². The maximum atomic E-state index is 12.6. The van der Waals surface area contributed by atoms with E-state index < -0.39 is 0 Å². The van der Waals surface area contributed by atoms with Crippen molar-refractivity contribution in [3.8, 4) is 5.75 Å². The summed E-state index contributed by atoms with van der Waals surface area (Å²) in [5, 5.41) is 3.16. The van der Waals surface area contributed by atoms with Crippen LogP contribution in [0.2, 0.25) is 0 Å². The van der Waals surface area contributed by atoms with E-state index >= 15 is 0 Å². The van der Waals surface area contributed by atoms with Gasteiger partial charge in [-0.1, -0.05) is 39.3 Å². The maximum Gasteiger partial charge on any atom is 0.287 e. The topological polar surface area (TPSA) is 51.5 Å². The normalized spacial score (nSPS) is 24.5. The molecule has 2 fully saturated rings. The van der Waals surface area contributed by atoms with Gasteiger partial charge in [0.25, 0.3) is 5.91 Å². The van der Waals surface area contributed by atoms with Crippen molar-refractivity contribution in [2.24, 2.45) is 17.8 Å². The van der Waals surface area contributed by atoms with Gasteiger partial charge in [0.2, 0.25) is 0 Å². The zero-order valence-electron chi connectivity index (χ0n) is 18.0. The second-order valence-electron chi connectivity index (χ2n) is 9.93. The molecule has 156 valence electrons. The second-order valence-corrected chi connectivity index (χ2v) is 9.93. The molecule has 4 heteroatoms. The van der Waals surface area contributed by atoms with Crippen LogP contribution >= 0.6 is 0 Å². The molecule has 1 aromatic heterocycles. The molecule has 0 aliphatic heterocycles. The van der Waals surface area contributed by atoms with Crippen molar-refractivity contribution in [1.29, 1.82) is 0 Å². The number of furan rings is 1. The van der Waals surface area contributed by atoms with E-state index in [9.17, 15) is 4.79 Å². The summed E-state index contributed by atoms with van der Waals surface area (Å²) >= 11 is 0. The molecule has 4 rings (SSSR count). The number of benzene rings is 1. The van der Waals surface area contributed by atoms with Gasteiger partial charge < -0.3 is 14.5 Å². The first kappa shape index (κ1) is 20.1. The first-order valence-electron chi connectivity index (χ1n) is 10.9. The smallest absolute Gasteiger partial charge is 0.287 e. The molecule has 2 aliphatic carbocycles. The maximum absolute atomic E-state index is 12.6. The highest BCUT2D eigenvalue weighted by Gasteiger charge is 2.42. The van der Waals surface area contributed by atoms with Crippen molar-refractivity contribution >= 4 is 5.91 Å². The average molecular weight is 396 g/mol. The van der Waals surface area contributed by atoms with Gasteiger partial charge in [0.15, 0.2) is 5.76 Å². The molecule has 0 spiro atoms. The molecule has 1 heterocycles. The van der Waals surface area contributed by atoms with E-state index in [0.717, 1.165) is 17.6 Å². The fourth-order valence-electron chi connectivity index (χ4n) is 5.07. The van der Waals surface area contributed by atoms with Gasteiger partial charge in [-0.3, -0.25) is 4.79 Å². The highest BCUT2D eigenvalue weighted by molar-refractivity contribution is 5.91. The number of fused-ring (bicyclic) bond motifs is 2. The van der Waals surface area contributed by atoms with Crippen LogP contribution in [0.3, 0.4) is 0 Å². The van der Waals surface area contributed by atoms with Crippen molar-refractivity contribution in [3.63, 3.8) is 0 Å². The summed E-state index contributed by atoms with van der Waals surface area (Å²) in [7, 11) is 0. The molecule has 0 radical (unpaired) electrons. The number of ether oxygens (including phenoxy) is 1. The van der Waals surface area contributed by atoms with Gasteiger partial charge in [-0.2, -0.15) is 0 Å².